The van der Waals surface area contributed by atoms with Crippen LogP contribution in [0, 0.1) is 0 Å². The number of nitrogens with two attached hydrogens (primary N) is 1. The molecule has 0 spiro atoms. The van der Waals surface area contributed by atoms with Crippen molar-refractivity contribution >= 4 is 5.71 Å². The molecule has 0 amide bonds. The van der Waals surface area contributed by atoms with Crippen molar-refractivity contribution < 1.29 is 28.2 Å². The molecular formula is C15H21F3N2O2. The van der Waals surface area contributed by atoms with Crippen molar-refractivity contribution in [3.05, 3.63) is 35.4 Å². The molecule has 0 radical (unpaired) electrons. The Morgan fingerprint density at radius 2 is 1.95 bits per heavy atom. The monoisotopic (exact) mass is 322 g/mol. The topological polar surface area (TPSA) is 56.8 Å². The van der Waals surface area contributed by atoms with Crippen LogP contribution in [0.4, 0.5) is 13.2 Å². The van der Waals surface area contributed by atoms with Gasteiger partial charge in [-0.2, -0.15) is 13.2 Å². The van der Waals surface area contributed by atoms with Crippen LogP contribution in [0.2, 0.25) is 0 Å². The molecule has 0 aliphatic rings. The highest BCUT2D eigenvalue weighted by Crippen LogP contribution is 2.29. The first-order chi connectivity index (χ1) is 11.9. The van der Waals surface area contributed by atoms with Gasteiger partial charge in [-0.15, -0.1) is 0 Å². The maximum atomic E-state index is 12.7. The number of nitrogens with zero attached hydrogens (tertiary/aromatic N) is 1. The van der Waals surface area contributed by atoms with Crippen LogP contribution in [0.3, 0.4) is 0 Å². The van der Waals surface area contributed by atoms with Crippen LogP contribution in [-0.4, -0.2) is 32.5 Å². The summed E-state index contributed by atoms with van der Waals surface area (Å²) in [5.74, 6) is 0. The summed E-state index contributed by atoms with van der Waals surface area (Å²) in [5.41, 5.74) is 4.74. The number of halogens is 3. The molecule has 0 unspecified atom stereocenters. The summed E-state index contributed by atoms with van der Waals surface area (Å²) < 4.78 is 72.3. The molecule has 22 heavy (non-hydrogen) atoms. The van der Waals surface area contributed by atoms with E-state index < -0.39 is 24.8 Å². The minimum absolute atomic E-state index is 0.183. The van der Waals surface area contributed by atoms with Crippen LogP contribution >= 0.6 is 0 Å². The predicted octanol–water partition coefficient (Wildman–Crippen LogP) is 3.20. The first kappa shape index (κ1) is 12.9. The fourth-order valence-corrected chi connectivity index (χ4v) is 1.74. The standard InChI is InChI=1S/C15H21F3N2O2/c1-21-10-3-2-4-14(20-22-11-9-19)12-5-7-13(8-6-12)15(16,17)18/h5-8H,2-4,9-11,19H2,1H3/b20-14-/i9D2,11D2. The Balaban J connectivity index is 3.03. The molecule has 0 fully saturated rings. The smallest absolute Gasteiger partial charge is 0.394 e. The molecule has 0 aromatic heterocycles. The summed E-state index contributed by atoms with van der Waals surface area (Å²) in [6.07, 6.45) is -2.98. The van der Waals surface area contributed by atoms with Gasteiger partial charge in [0.05, 0.1) is 14.0 Å². The Morgan fingerprint density at radius 3 is 2.50 bits per heavy atom. The van der Waals surface area contributed by atoms with Gasteiger partial charge in [-0.3, -0.25) is 0 Å². The largest absolute Gasteiger partial charge is 0.416 e. The Hall–Kier alpha value is -1.60. The Labute approximate surface area is 133 Å². The predicted molar refractivity (Wildman–Crippen MR) is 78.7 cm³/mol. The minimum Gasteiger partial charge on any atom is -0.394 e. The third-order valence-corrected chi connectivity index (χ3v) is 2.82. The van der Waals surface area contributed by atoms with Crippen molar-refractivity contribution in [2.24, 2.45) is 10.9 Å². The van der Waals surface area contributed by atoms with Gasteiger partial charge in [0.25, 0.3) is 0 Å². The number of alkyl halides is 3. The molecule has 1 aromatic carbocycles. The molecule has 0 atom stereocenters. The summed E-state index contributed by atoms with van der Waals surface area (Å²) in [7, 11) is 1.53. The van der Waals surface area contributed by atoms with Crippen LogP contribution in [0.5, 0.6) is 0 Å². The zero-order valence-electron chi connectivity index (χ0n) is 16.1. The van der Waals surface area contributed by atoms with Crippen molar-refractivity contribution in [1.82, 2.24) is 0 Å². The highest BCUT2D eigenvalue weighted by molar-refractivity contribution is 6.00. The second-order valence-electron chi connectivity index (χ2n) is 4.40. The third-order valence-electron chi connectivity index (χ3n) is 2.82. The second-order valence-corrected chi connectivity index (χ2v) is 4.40. The summed E-state index contributed by atoms with van der Waals surface area (Å²) in [5, 5.41) is 3.62. The molecule has 1 rings (SSSR count). The van der Waals surface area contributed by atoms with Gasteiger partial charge in [-0.1, -0.05) is 17.3 Å². The highest BCUT2D eigenvalue weighted by Gasteiger charge is 2.30. The lowest BCUT2D eigenvalue weighted by atomic mass is 10.0. The maximum absolute atomic E-state index is 12.7. The maximum Gasteiger partial charge on any atom is 0.416 e. The summed E-state index contributed by atoms with van der Waals surface area (Å²) in [4.78, 5) is 4.63. The van der Waals surface area contributed by atoms with Crippen LogP contribution < -0.4 is 5.73 Å². The Morgan fingerprint density at radius 1 is 1.27 bits per heavy atom. The number of benzene rings is 1. The van der Waals surface area contributed by atoms with Crippen molar-refractivity contribution in [2.45, 2.75) is 25.4 Å². The lowest BCUT2D eigenvalue weighted by Crippen LogP contribution is -2.09. The molecule has 0 aliphatic heterocycles. The number of unbranched alkanes of at least 4 members (excludes halogenated alkanes) is 1. The van der Waals surface area contributed by atoms with Gasteiger partial charge in [0.1, 0.15) is 6.56 Å². The average molecular weight is 322 g/mol. The first-order valence-corrected chi connectivity index (χ1v) is 6.59. The first-order valence-electron chi connectivity index (χ1n) is 8.59. The number of ether oxygens (including phenoxy) is 1. The molecule has 2 N–H and O–H groups in total. The Bertz CT molecular complexity index is 602. The quantitative estimate of drug-likeness (QED) is 0.431. The molecule has 0 heterocycles. The molecule has 124 valence electrons. The number of hydrogen-bond acceptors (Lipinski definition) is 4. The molecule has 0 saturated carbocycles. The van der Waals surface area contributed by atoms with Gasteiger partial charge in [-0.25, -0.2) is 0 Å². The van der Waals surface area contributed by atoms with Crippen molar-refractivity contribution in [2.75, 3.05) is 26.8 Å². The lowest BCUT2D eigenvalue weighted by molar-refractivity contribution is -0.137. The average Bonchev–Trinajstić information content (AvgIpc) is 2.52. The number of methoxy groups -OCH3 is 1. The minimum atomic E-state index is -4.47. The van der Waals surface area contributed by atoms with Crippen LogP contribution in [0.15, 0.2) is 29.4 Å². The van der Waals surface area contributed by atoms with E-state index in [9.17, 15) is 13.2 Å². The fourth-order valence-electron chi connectivity index (χ4n) is 1.74. The molecule has 4 nitrogen and oxygen atoms in total. The van der Waals surface area contributed by atoms with Crippen LogP contribution in [-0.2, 0) is 15.8 Å². The van der Waals surface area contributed by atoms with Crippen LogP contribution in [0.25, 0.3) is 0 Å². The second kappa shape index (κ2) is 9.42. The van der Waals surface area contributed by atoms with Gasteiger partial charge in [-0.05, 0) is 37.0 Å². The van der Waals surface area contributed by atoms with E-state index in [1.807, 2.05) is 0 Å². The lowest BCUT2D eigenvalue weighted by Gasteiger charge is -2.10. The van der Waals surface area contributed by atoms with Gasteiger partial charge in [0.2, 0.25) is 0 Å². The molecule has 0 saturated heterocycles. The van der Waals surface area contributed by atoms with E-state index in [4.69, 9.17) is 16.0 Å². The molecule has 0 aliphatic carbocycles. The van der Waals surface area contributed by atoms with Gasteiger partial charge < -0.3 is 15.3 Å². The van der Waals surface area contributed by atoms with Gasteiger partial charge in [0, 0.05) is 23.0 Å². The zero-order chi connectivity index (χ0) is 20.0. The van der Waals surface area contributed by atoms with E-state index in [2.05, 4.69) is 9.99 Å². The van der Waals surface area contributed by atoms with E-state index >= 15 is 0 Å². The molecular weight excluding hydrogens is 297 g/mol. The number of oxime groups is 1. The van der Waals surface area contributed by atoms with E-state index in [1.165, 1.54) is 19.2 Å². The van der Waals surface area contributed by atoms with Crippen molar-refractivity contribution in [3.8, 4) is 0 Å². The SMILES string of the molecule is [2H]C([2H])(N)C([2H])([2H])O/N=C(/CCCCOC)c1ccc(C(F)(F)F)cc1. The molecule has 1 aromatic rings. The van der Waals surface area contributed by atoms with E-state index in [1.54, 1.807) is 0 Å². The third kappa shape index (κ3) is 6.44. The zero-order valence-corrected chi connectivity index (χ0v) is 12.1. The normalized spacial score (nSPS) is 16.5. The van der Waals surface area contributed by atoms with Crippen LogP contribution in [0.1, 0.15) is 35.9 Å². The van der Waals surface area contributed by atoms with Gasteiger partial charge >= 0.3 is 6.18 Å². The summed E-state index contributed by atoms with van der Waals surface area (Å²) in [6.45, 7) is -5.23. The number of rotatable bonds is 9. The van der Waals surface area contributed by atoms with E-state index in [0.717, 1.165) is 12.1 Å². The van der Waals surface area contributed by atoms with Crippen molar-refractivity contribution in [1.29, 1.82) is 0 Å². The number of hydrogen-bond donors (Lipinski definition) is 1. The molecule has 7 heteroatoms. The summed E-state index contributed by atoms with van der Waals surface area (Å²) >= 11 is 0. The van der Waals surface area contributed by atoms with Crippen molar-refractivity contribution in [3.63, 3.8) is 0 Å². The van der Waals surface area contributed by atoms with Gasteiger partial charge in [0.15, 0.2) is 0 Å². The summed E-state index contributed by atoms with van der Waals surface area (Å²) in [6, 6.07) is 4.18. The molecule has 0 bridgehead atoms. The van der Waals surface area contributed by atoms with E-state index in [0.29, 0.717) is 25.0 Å². The fraction of sp³-hybridized carbons (Fsp3) is 0.533. The highest BCUT2D eigenvalue weighted by atomic mass is 19.4. The Kier molecular flexibility index (Phi) is 5.52. The van der Waals surface area contributed by atoms with E-state index in [-0.39, 0.29) is 12.1 Å².